The normalized spacial score (nSPS) is 38.6. The predicted octanol–water partition coefficient (Wildman–Crippen LogP) is 3.02. The summed E-state index contributed by atoms with van der Waals surface area (Å²) in [5, 5.41) is 8.73. The Morgan fingerprint density at radius 3 is 3.00 bits per heavy atom. The predicted molar refractivity (Wildman–Crippen MR) is 72.7 cm³/mol. The van der Waals surface area contributed by atoms with Crippen molar-refractivity contribution in [1.82, 2.24) is 0 Å². The van der Waals surface area contributed by atoms with Crippen molar-refractivity contribution in [3.05, 3.63) is 24.3 Å². The van der Waals surface area contributed by atoms with Crippen LogP contribution in [0, 0.1) is 23.7 Å². The van der Waals surface area contributed by atoms with Crippen molar-refractivity contribution in [3.8, 4) is 0 Å². The van der Waals surface area contributed by atoms with Crippen LogP contribution in [0.25, 0.3) is 0 Å². The molecule has 3 heteroatoms. The number of fused-ring (bicyclic) bond motifs is 5. The van der Waals surface area contributed by atoms with E-state index in [9.17, 15) is 4.79 Å². The molecule has 0 radical (unpaired) electrons. The fourth-order valence-electron chi connectivity index (χ4n) is 4.30. The minimum Gasteiger partial charge on any atom is -0.478 e. The van der Waals surface area contributed by atoms with Gasteiger partial charge in [0.25, 0.3) is 0 Å². The van der Waals surface area contributed by atoms with Gasteiger partial charge in [-0.05, 0) is 55.8 Å². The Kier molecular flexibility index (Phi) is 3.48. The number of carboxylic acids is 1. The number of carboxylic acid groups (broad SMARTS) is 1. The number of hydrogen-bond acceptors (Lipinski definition) is 2. The molecule has 3 aliphatic rings. The number of rotatable bonds is 6. The molecule has 3 aliphatic carbocycles. The highest BCUT2D eigenvalue weighted by atomic mass is 16.5. The number of carbonyl (C=O) groups is 1. The van der Waals surface area contributed by atoms with Crippen LogP contribution in [0.2, 0.25) is 0 Å². The monoisotopic (exact) mass is 262 g/mol. The van der Waals surface area contributed by atoms with Gasteiger partial charge in [0.15, 0.2) is 0 Å². The van der Waals surface area contributed by atoms with Gasteiger partial charge in [-0.15, -0.1) is 0 Å². The van der Waals surface area contributed by atoms with Gasteiger partial charge in [0, 0.05) is 12.2 Å². The van der Waals surface area contributed by atoms with Gasteiger partial charge in [0.1, 0.15) is 0 Å². The smallest absolute Gasteiger partial charge is 0.330 e. The molecule has 3 rings (SSSR count). The standard InChI is InChI=1S/C16H22O3/c1-10(16(17)18)4-3-7-19-15-9-11-8-14(15)13-6-2-5-12(11)13/h2,6,11-15H,1,3-5,7-9H2,(H,17,18). The van der Waals surface area contributed by atoms with E-state index in [1.165, 1.54) is 19.3 Å². The third-order valence-electron chi connectivity index (χ3n) is 5.21. The quantitative estimate of drug-likeness (QED) is 0.454. The lowest BCUT2D eigenvalue weighted by Gasteiger charge is -2.31. The Bertz CT molecular complexity index is 412. The Labute approximate surface area is 114 Å². The number of allylic oxidation sites excluding steroid dienone is 2. The average Bonchev–Trinajstić information content (AvgIpc) is 3.05. The van der Waals surface area contributed by atoms with Crippen LogP contribution < -0.4 is 0 Å². The lowest BCUT2D eigenvalue weighted by atomic mass is 9.80. The van der Waals surface area contributed by atoms with Crippen LogP contribution in [-0.2, 0) is 9.53 Å². The summed E-state index contributed by atoms with van der Waals surface area (Å²) in [4.78, 5) is 10.6. The van der Waals surface area contributed by atoms with E-state index >= 15 is 0 Å². The molecule has 0 saturated heterocycles. The van der Waals surface area contributed by atoms with E-state index in [1.54, 1.807) is 0 Å². The van der Waals surface area contributed by atoms with Crippen molar-refractivity contribution in [2.45, 2.75) is 38.2 Å². The molecule has 5 unspecified atom stereocenters. The molecule has 0 aromatic carbocycles. The van der Waals surface area contributed by atoms with Gasteiger partial charge in [-0.3, -0.25) is 0 Å². The van der Waals surface area contributed by atoms with Gasteiger partial charge in [-0.1, -0.05) is 18.7 Å². The molecule has 2 saturated carbocycles. The second kappa shape index (κ2) is 5.12. The van der Waals surface area contributed by atoms with Gasteiger partial charge >= 0.3 is 5.97 Å². The van der Waals surface area contributed by atoms with Crippen molar-refractivity contribution in [2.75, 3.05) is 6.61 Å². The zero-order valence-electron chi connectivity index (χ0n) is 11.3. The Balaban J connectivity index is 1.42. The van der Waals surface area contributed by atoms with Crippen LogP contribution in [0.4, 0.5) is 0 Å². The Morgan fingerprint density at radius 2 is 2.21 bits per heavy atom. The minimum absolute atomic E-state index is 0.287. The molecule has 0 aromatic heterocycles. The molecule has 2 fully saturated rings. The first-order chi connectivity index (χ1) is 9.16. The number of hydrogen-bond donors (Lipinski definition) is 1. The molecule has 0 heterocycles. The van der Waals surface area contributed by atoms with Crippen LogP contribution in [0.3, 0.4) is 0 Å². The third kappa shape index (κ3) is 2.36. The minimum atomic E-state index is -0.890. The van der Waals surface area contributed by atoms with Crippen LogP contribution in [0.5, 0.6) is 0 Å². The summed E-state index contributed by atoms with van der Waals surface area (Å²) in [6, 6.07) is 0. The first kappa shape index (κ1) is 12.9. The van der Waals surface area contributed by atoms with E-state index in [1.807, 2.05) is 0 Å². The molecule has 0 amide bonds. The summed E-state index contributed by atoms with van der Waals surface area (Å²) >= 11 is 0. The first-order valence-corrected chi connectivity index (χ1v) is 7.36. The molecule has 0 aromatic rings. The zero-order valence-corrected chi connectivity index (χ0v) is 11.3. The van der Waals surface area contributed by atoms with Crippen molar-refractivity contribution in [3.63, 3.8) is 0 Å². The molecular formula is C16H22O3. The van der Waals surface area contributed by atoms with Gasteiger partial charge in [0.2, 0.25) is 0 Å². The summed E-state index contributed by atoms with van der Waals surface area (Å²) in [6.45, 7) is 4.21. The maximum Gasteiger partial charge on any atom is 0.330 e. The maximum atomic E-state index is 10.6. The van der Waals surface area contributed by atoms with Crippen molar-refractivity contribution in [1.29, 1.82) is 0 Å². The van der Waals surface area contributed by atoms with E-state index in [4.69, 9.17) is 9.84 Å². The van der Waals surface area contributed by atoms with Crippen LogP contribution in [0.1, 0.15) is 32.1 Å². The van der Waals surface area contributed by atoms with Crippen molar-refractivity contribution in [2.24, 2.45) is 23.7 Å². The lowest BCUT2D eigenvalue weighted by Crippen LogP contribution is -2.30. The summed E-state index contributed by atoms with van der Waals surface area (Å²) in [7, 11) is 0. The van der Waals surface area contributed by atoms with Crippen molar-refractivity contribution < 1.29 is 14.6 Å². The topological polar surface area (TPSA) is 46.5 Å². The maximum absolute atomic E-state index is 10.6. The molecule has 1 N–H and O–H groups in total. The van der Waals surface area contributed by atoms with E-state index in [-0.39, 0.29) is 5.57 Å². The Hall–Kier alpha value is -1.09. The number of aliphatic carboxylic acids is 1. The highest BCUT2D eigenvalue weighted by molar-refractivity contribution is 5.85. The van der Waals surface area contributed by atoms with Crippen molar-refractivity contribution >= 4 is 5.97 Å². The molecule has 0 spiro atoms. The summed E-state index contributed by atoms with van der Waals surface area (Å²) in [6.07, 6.45) is 10.3. The van der Waals surface area contributed by atoms with E-state index in [0.29, 0.717) is 19.1 Å². The first-order valence-electron chi connectivity index (χ1n) is 7.36. The van der Waals surface area contributed by atoms with E-state index in [2.05, 4.69) is 18.7 Å². The Morgan fingerprint density at radius 1 is 1.37 bits per heavy atom. The van der Waals surface area contributed by atoms with Crippen LogP contribution in [-0.4, -0.2) is 23.8 Å². The second-order valence-electron chi connectivity index (χ2n) is 6.22. The molecule has 2 bridgehead atoms. The highest BCUT2D eigenvalue weighted by Crippen LogP contribution is 2.57. The average molecular weight is 262 g/mol. The molecule has 5 atom stereocenters. The van der Waals surface area contributed by atoms with Gasteiger partial charge in [-0.25, -0.2) is 4.79 Å². The summed E-state index contributed by atoms with van der Waals surface area (Å²) in [5.41, 5.74) is 0.287. The highest BCUT2D eigenvalue weighted by Gasteiger charge is 2.52. The van der Waals surface area contributed by atoms with Crippen LogP contribution in [0.15, 0.2) is 24.3 Å². The van der Waals surface area contributed by atoms with Gasteiger partial charge in [-0.2, -0.15) is 0 Å². The molecular weight excluding hydrogens is 240 g/mol. The van der Waals surface area contributed by atoms with Gasteiger partial charge < -0.3 is 9.84 Å². The summed E-state index contributed by atoms with van der Waals surface area (Å²) < 4.78 is 6.01. The number of ether oxygens (including phenoxy) is 1. The van der Waals surface area contributed by atoms with Crippen LogP contribution >= 0.6 is 0 Å². The SMILES string of the molecule is C=C(CCCOC1CC2CC1C1C=CCC21)C(=O)O. The fourth-order valence-corrected chi connectivity index (χ4v) is 4.30. The molecule has 0 aliphatic heterocycles. The largest absolute Gasteiger partial charge is 0.478 e. The fraction of sp³-hybridized carbons (Fsp3) is 0.688. The van der Waals surface area contributed by atoms with Gasteiger partial charge in [0.05, 0.1) is 6.10 Å². The lowest BCUT2D eigenvalue weighted by molar-refractivity contribution is -0.132. The molecule has 19 heavy (non-hydrogen) atoms. The molecule has 3 nitrogen and oxygen atoms in total. The zero-order chi connectivity index (χ0) is 13.4. The summed E-state index contributed by atoms with van der Waals surface area (Å²) in [5.74, 6) is 2.36. The second-order valence-corrected chi connectivity index (χ2v) is 6.22. The van der Waals surface area contributed by atoms with E-state index in [0.717, 1.165) is 30.1 Å². The molecule has 104 valence electrons. The van der Waals surface area contributed by atoms with E-state index < -0.39 is 5.97 Å². The third-order valence-corrected chi connectivity index (χ3v) is 5.21.